The highest BCUT2D eigenvalue weighted by Gasteiger charge is 2.24. The number of benzene rings is 2. The van der Waals surface area contributed by atoms with Crippen LogP contribution >= 0.6 is 0 Å². The van der Waals surface area contributed by atoms with Crippen LogP contribution in [-0.2, 0) is 21.2 Å². The number of rotatable bonds is 5. The average Bonchev–Trinajstić information content (AvgIpc) is 2.60. The van der Waals surface area contributed by atoms with Gasteiger partial charge in [-0.3, -0.25) is 9.69 Å². The Morgan fingerprint density at radius 2 is 2.00 bits per heavy atom. The number of hydrogen-bond acceptors (Lipinski definition) is 4. The summed E-state index contributed by atoms with van der Waals surface area (Å²) in [7, 11) is -1.86. The minimum Gasteiger partial charge on any atom is -0.325 e. The van der Waals surface area contributed by atoms with Crippen LogP contribution in [-0.4, -0.2) is 32.8 Å². The molecule has 0 bridgehead atoms. The predicted octanol–water partition coefficient (Wildman–Crippen LogP) is 2.28. The van der Waals surface area contributed by atoms with E-state index < -0.39 is 10.0 Å². The summed E-state index contributed by atoms with van der Waals surface area (Å²) in [5.41, 5.74) is 3.04. The van der Waals surface area contributed by atoms with E-state index in [-0.39, 0.29) is 23.4 Å². The van der Waals surface area contributed by atoms with Crippen molar-refractivity contribution in [3.63, 3.8) is 0 Å². The second-order valence-corrected chi connectivity index (χ2v) is 8.20. The zero-order valence-electron chi connectivity index (χ0n) is 14.7. The lowest BCUT2D eigenvalue weighted by Crippen LogP contribution is -2.34. The number of fused-ring (bicyclic) bond motifs is 1. The van der Waals surface area contributed by atoms with E-state index in [0.717, 1.165) is 19.3 Å². The van der Waals surface area contributed by atoms with Gasteiger partial charge >= 0.3 is 0 Å². The van der Waals surface area contributed by atoms with Crippen molar-refractivity contribution in [2.24, 2.45) is 5.14 Å². The molecule has 0 heterocycles. The molecule has 1 aliphatic rings. The molecule has 3 N–H and O–H groups in total. The summed E-state index contributed by atoms with van der Waals surface area (Å²) < 4.78 is 22.9. The number of nitrogens with zero attached hydrogens (tertiary/aromatic N) is 1. The molecule has 0 aromatic heterocycles. The van der Waals surface area contributed by atoms with Gasteiger partial charge in [0.25, 0.3) is 0 Å². The fraction of sp³-hybridized carbons (Fsp3) is 0.316. The third kappa shape index (κ3) is 4.30. The summed E-state index contributed by atoms with van der Waals surface area (Å²) in [6.45, 7) is 0.221. The number of carbonyl (C=O) groups is 1. The minimum absolute atomic E-state index is 0.0233. The summed E-state index contributed by atoms with van der Waals surface area (Å²) in [6.07, 6.45) is 3.19. The summed E-state index contributed by atoms with van der Waals surface area (Å²) in [5, 5.41) is 7.88. The Balaban J connectivity index is 1.68. The Morgan fingerprint density at radius 1 is 1.23 bits per heavy atom. The number of likely N-dealkylation sites (N-methyl/N-ethyl adjacent to an activating group) is 1. The van der Waals surface area contributed by atoms with E-state index in [0.29, 0.717) is 5.69 Å². The van der Waals surface area contributed by atoms with Gasteiger partial charge < -0.3 is 5.32 Å². The van der Waals surface area contributed by atoms with Crippen molar-refractivity contribution in [2.75, 3.05) is 18.9 Å². The number of aryl methyl sites for hydroxylation is 1. The normalized spacial score (nSPS) is 17.0. The molecule has 1 atom stereocenters. The largest absolute Gasteiger partial charge is 0.325 e. The van der Waals surface area contributed by atoms with Crippen LogP contribution in [0.2, 0.25) is 0 Å². The molecule has 2 aromatic rings. The van der Waals surface area contributed by atoms with Gasteiger partial charge in [0.05, 0.1) is 11.4 Å². The number of carbonyl (C=O) groups excluding carboxylic acids is 1. The van der Waals surface area contributed by atoms with Crippen LogP contribution in [0.4, 0.5) is 5.69 Å². The Kier molecular flexibility index (Phi) is 5.41. The van der Waals surface area contributed by atoms with E-state index in [1.165, 1.54) is 23.3 Å². The molecule has 0 unspecified atom stereocenters. The van der Waals surface area contributed by atoms with Gasteiger partial charge in [-0.1, -0.05) is 30.3 Å². The molecular weight excluding hydrogens is 350 g/mol. The molecule has 7 heteroatoms. The van der Waals surface area contributed by atoms with E-state index in [1.807, 2.05) is 24.1 Å². The molecule has 0 saturated carbocycles. The number of hydrogen-bond donors (Lipinski definition) is 2. The van der Waals surface area contributed by atoms with Crippen molar-refractivity contribution in [2.45, 2.75) is 30.2 Å². The Bertz CT molecular complexity index is 912. The third-order valence-corrected chi connectivity index (χ3v) is 5.62. The van der Waals surface area contributed by atoms with Gasteiger partial charge in [-0.2, -0.15) is 0 Å². The van der Waals surface area contributed by atoms with Crippen LogP contribution in [0.15, 0.2) is 53.4 Å². The van der Waals surface area contributed by atoms with Gasteiger partial charge in [-0.25, -0.2) is 13.6 Å². The van der Waals surface area contributed by atoms with Crippen LogP contribution in [0.5, 0.6) is 0 Å². The number of anilines is 1. The van der Waals surface area contributed by atoms with Crippen molar-refractivity contribution in [1.82, 2.24) is 4.90 Å². The molecule has 0 aliphatic heterocycles. The number of sulfonamides is 1. The first-order chi connectivity index (χ1) is 12.3. The topological polar surface area (TPSA) is 92.5 Å². The van der Waals surface area contributed by atoms with Gasteiger partial charge in [-0.05, 0) is 55.6 Å². The highest BCUT2D eigenvalue weighted by Crippen LogP contribution is 2.33. The van der Waals surface area contributed by atoms with Crippen LogP contribution in [0.25, 0.3) is 0 Å². The first kappa shape index (κ1) is 18.6. The fourth-order valence-electron chi connectivity index (χ4n) is 3.47. The van der Waals surface area contributed by atoms with E-state index in [4.69, 9.17) is 5.14 Å². The van der Waals surface area contributed by atoms with Crippen molar-refractivity contribution in [1.29, 1.82) is 0 Å². The second-order valence-electron chi connectivity index (χ2n) is 6.64. The molecule has 2 aromatic carbocycles. The highest BCUT2D eigenvalue weighted by atomic mass is 32.2. The fourth-order valence-corrected chi connectivity index (χ4v) is 4.03. The van der Waals surface area contributed by atoms with E-state index in [1.54, 1.807) is 12.1 Å². The molecule has 0 fully saturated rings. The third-order valence-electron chi connectivity index (χ3n) is 4.71. The Morgan fingerprint density at radius 3 is 2.77 bits per heavy atom. The number of amides is 1. The lowest BCUT2D eigenvalue weighted by atomic mass is 9.87. The second kappa shape index (κ2) is 7.57. The monoisotopic (exact) mass is 373 g/mol. The molecule has 3 rings (SSSR count). The standard InChI is InChI=1S/C19H23N3O3S/c1-22(18-11-4-7-14-6-2-3-10-17(14)18)13-19(23)21-15-8-5-9-16(12-15)26(20,24)25/h2-3,5-6,8-10,12,18H,4,7,11,13H2,1H3,(H,21,23)(H2,20,24,25)/t18-/m1/s1. The summed E-state index contributed by atoms with van der Waals surface area (Å²) in [4.78, 5) is 14.4. The quantitative estimate of drug-likeness (QED) is 0.841. The zero-order valence-corrected chi connectivity index (χ0v) is 15.5. The molecule has 1 amide bonds. The van der Waals surface area contributed by atoms with Crippen LogP contribution in [0.3, 0.4) is 0 Å². The van der Waals surface area contributed by atoms with Crippen molar-refractivity contribution in [3.8, 4) is 0 Å². The maximum atomic E-state index is 12.4. The first-order valence-corrected chi connectivity index (χ1v) is 10.1. The van der Waals surface area contributed by atoms with Gasteiger partial charge in [0.1, 0.15) is 0 Å². The van der Waals surface area contributed by atoms with Crippen molar-refractivity contribution in [3.05, 3.63) is 59.7 Å². The van der Waals surface area contributed by atoms with E-state index in [2.05, 4.69) is 17.4 Å². The number of nitrogens with two attached hydrogens (primary N) is 1. The zero-order chi connectivity index (χ0) is 18.7. The maximum Gasteiger partial charge on any atom is 0.238 e. The molecule has 0 spiro atoms. The van der Waals surface area contributed by atoms with Gasteiger partial charge in [0.15, 0.2) is 0 Å². The van der Waals surface area contributed by atoms with Crippen LogP contribution in [0, 0.1) is 0 Å². The Labute approximate surface area is 154 Å². The molecule has 1 aliphatic carbocycles. The highest BCUT2D eigenvalue weighted by molar-refractivity contribution is 7.89. The summed E-state index contributed by atoms with van der Waals surface area (Å²) >= 11 is 0. The molecule has 138 valence electrons. The minimum atomic E-state index is -3.80. The smallest absolute Gasteiger partial charge is 0.238 e. The first-order valence-electron chi connectivity index (χ1n) is 8.55. The number of nitrogens with one attached hydrogen (secondary N) is 1. The molecule has 26 heavy (non-hydrogen) atoms. The predicted molar refractivity (Wildman–Crippen MR) is 101 cm³/mol. The average molecular weight is 373 g/mol. The molecular formula is C19H23N3O3S. The van der Waals surface area contributed by atoms with Crippen LogP contribution < -0.4 is 10.5 Å². The van der Waals surface area contributed by atoms with Crippen molar-refractivity contribution >= 4 is 21.6 Å². The van der Waals surface area contributed by atoms with Crippen molar-refractivity contribution < 1.29 is 13.2 Å². The van der Waals surface area contributed by atoms with E-state index >= 15 is 0 Å². The lowest BCUT2D eigenvalue weighted by Gasteiger charge is -2.32. The molecule has 0 saturated heterocycles. The molecule has 0 radical (unpaired) electrons. The number of primary sulfonamides is 1. The lowest BCUT2D eigenvalue weighted by molar-refractivity contribution is -0.117. The molecule has 6 nitrogen and oxygen atoms in total. The van der Waals surface area contributed by atoms with E-state index in [9.17, 15) is 13.2 Å². The summed E-state index contributed by atoms with van der Waals surface area (Å²) in [6, 6.07) is 14.5. The summed E-state index contributed by atoms with van der Waals surface area (Å²) in [5.74, 6) is -0.192. The maximum absolute atomic E-state index is 12.4. The van der Waals surface area contributed by atoms with Crippen LogP contribution in [0.1, 0.15) is 30.0 Å². The SMILES string of the molecule is CN(CC(=O)Nc1cccc(S(N)(=O)=O)c1)[C@@H]1CCCc2ccccc21. The Hall–Kier alpha value is -2.22. The van der Waals surface area contributed by atoms with Gasteiger partial charge in [0, 0.05) is 11.7 Å². The van der Waals surface area contributed by atoms with Gasteiger partial charge in [0.2, 0.25) is 15.9 Å². The van der Waals surface area contributed by atoms with Gasteiger partial charge in [-0.15, -0.1) is 0 Å².